The fourth-order valence-corrected chi connectivity index (χ4v) is 0.937. The van der Waals surface area contributed by atoms with Crippen LogP contribution in [0.4, 0.5) is 13.2 Å². The Morgan fingerprint density at radius 1 is 1.31 bits per heavy atom. The Labute approximate surface area is 72.8 Å². The van der Waals surface area contributed by atoms with Crippen molar-refractivity contribution in [1.82, 2.24) is 0 Å². The molecule has 13 heavy (non-hydrogen) atoms. The van der Waals surface area contributed by atoms with Crippen LogP contribution in [-0.2, 0) is 0 Å². The van der Waals surface area contributed by atoms with E-state index in [0.717, 1.165) is 12.1 Å². The smallest absolute Gasteiger partial charge is 0.257 e. The molecular formula is C8H8F3NO. The predicted octanol–water partition coefficient (Wildman–Crippen LogP) is 1.80. The van der Waals surface area contributed by atoms with Gasteiger partial charge in [-0.25, -0.2) is 13.2 Å². The first-order valence-electron chi connectivity index (χ1n) is 3.55. The molecule has 3 N–H and O–H groups in total. The highest BCUT2D eigenvalue weighted by Gasteiger charge is 2.21. The highest BCUT2D eigenvalue weighted by Crippen LogP contribution is 2.28. The van der Waals surface area contributed by atoms with E-state index in [1.807, 2.05) is 0 Å². The summed E-state index contributed by atoms with van der Waals surface area (Å²) in [7, 11) is 0. The molecule has 1 unspecified atom stereocenters. The van der Waals surface area contributed by atoms with E-state index >= 15 is 0 Å². The van der Waals surface area contributed by atoms with E-state index in [9.17, 15) is 13.2 Å². The minimum Gasteiger partial charge on any atom is -0.505 e. The number of phenols is 1. The van der Waals surface area contributed by atoms with Gasteiger partial charge in [0.05, 0.1) is 6.04 Å². The molecule has 0 aromatic heterocycles. The maximum atomic E-state index is 12.7. The van der Waals surface area contributed by atoms with Crippen molar-refractivity contribution in [2.24, 2.45) is 5.73 Å². The van der Waals surface area contributed by atoms with E-state index < -0.39 is 24.0 Å². The number of benzene rings is 1. The van der Waals surface area contributed by atoms with Crippen LogP contribution in [0.1, 0.15) is 11.6 Å². The summed E-state index contributed by atoms with van der Waals surface area (Å²) in [5.41, 5.74) is 4.75. The highest BCUT2D eigenvalue weighted by molar-refractivity contribution is 5.36. The number of halogens is 3. The average Bonchev–Trinajstić information content (AvgIpc) is 2.08. The lowest BCUT2D eigenvalue weighted by atomic mass is 10.1. The zero-order valence-electron chi connectivity index (χ0n) is 6.55. The van der Waals surface area contributed by atoms with Gasteiger partial charge >= 0.3 is 0 Å². The number of rotatable bonds is 2. The van der Waals surface area contributed by atoms with Gasteiger partial charge in [-0.2, -0.15) is 0 Å². The SMILES string of the molecule is NC(c1cccc(F)c1O)C(F)F. The minimum atomic E-state index is -2.83. The molecule has 1 aromatic carbocycles. The van der Waals surface area contributed by atoms with Gasteiger partial charge in [-0.15, -0.1) is 0 Å². The average molecular weight is 191 g/mol. The third kappa shape index (κ3) is 1.92. The standard InChI is InChI=1S/C8H8F3NO/c9-5-3-1-2-4(7(5)13)6(12)8(10)11/h1-3,6,8,13H,12H2. The summed E-state index contributed by atoms with van der Waals surface area (Å²) in [5.74, 6) is -1.76. The Balaban J connectivity index is 3.07. The van der Waals surface area contributed by atoms with Crippen molar-refractivity contribution in [2.75, 3.05) is 0 Å². The monoisotopic (exact) mass is 191 g/mol. The molecule has 0 aliphatic rings. The topological polar surface area (TPSA) is 46.2 Å². The summed E-state index contributed by atoms with van der Waals surface area (Å²) in [6.07, 6.45) is -2.83. The van der Waals surface area contributed by atoms with Gasteiger partial charge in [0, 0.05) is 5.56 Å². The molecule has 2 nitrogen and oxygen atoms in total. The first-order chi connectivity index (χ1) is 6.04. The van der Waals surface area contributed by atoms with Gasteiger partial charge in [-0.3, -0.25) is 0 Å². The number of hydrogen-bond acceptors (Lipinski definition) is 2. The number of nitrogens with two attached hydrogens (primary N) is 1. The second-order valence-corrected chi connectivity index (χ2v) is 2.54. The maximum absolute atomic E-state index is 12.7. The Kier molecular flexibility index (Phi) is 2.77. The van der Waals surface area contributed by atoms with Gasteiger partial charge in [0.25, 0.3) is 6.43 Å². The van der Waals surface area contributed by atoms with Crippen molar-refractivity contribution in [3.8, 4) is 5.75 Å². The maximum Gasteiger partial charge on any atom is 0.257 e. The number of phenolic OH excluding ortho intramolecular Hbond substituents is 1. The van der Waals surface area contributed by atoms with Gasteiger partial charge < -0.3 is 10.8 Å². The summed E-state index contributed by atoms with van der Waals surface area (Å²) < 4.78 is 36.8. The van der Waals surface area contributed by atoms with Crippen LogP contribution >= 0.6 is 0 Å². The van der Waals surface area contributed by atoms with Crippen molar-refractivity contribution >= 4 is 0 Å². The molecule has 0 heterocycles. The molecule has 1 aromatic rings. The van der Waals surface area contributed by atoms with E-state index in [-0.39, 0.29) is 5.56 Å². The molecule has 1 rings (SSSR count). The van der Waals surface area contributed by atoms with Crippen molar-refractivity contribution in [3.05, 3.63) is 29.6 Å². The molecule has 0 spiro atoms. The third-order valence-corrected chi connectivity index (χ3v) is 1.65. The molecule has 0 amide bonds. The van der Waals surface area contributed by atoms with Gasteiger partial charge in [-0.1, -0.05) is 12.1 Å². The van der Waals surface area contributed by atoms with Gasteiger partial charge in [0.2, 0.25) is 0 Å². The van der Waals surface area contributed by atoms with Gasteiger partial charge in [0.1, 0.15) is 0 Å². The van der Waals surface area contributed by atoms with Crippen LogP contribution in [0.25, 0.3) is 0 Å². The Morgan fingerprint density at radius 2 is 1.92 bits per heavy atom. The molecule has 0 aliphatic heterocycles. The van der Waals surface area contributed by atoms with Crippen LogP contribution < -0.4 is 5.73 Å². The normalized spacial score (nSPS) is 13.3. The van der Waals surface area contributed by atoms with Crippen LogP contribution in [0.5, 0.6) is 5.75 Å². The summed E-state index contributed by atoms with van der Waals surface area (Å²) >= 11 is 0. The number of para-hydroxylation sites is 1. The summed E-state index contributed by atoms with van der Waals surface area (Å²) in [6, 6.07) is 1.69. The second kappa shape index (κ2) is 3.66. The second-order valence-electron chi connectivity index (χ2n) is 2.54. The van der Waals surface area contributed by atoms with Crippen molar-refractivity contribution in [2.45, 2.75) is 12.5 Å². The molecule has 0 aliphatic carbocycles. The molecule has 1 atom stereocenters. The zero-order valence-corrected chi connectivity index (χ0v) is 6.55. The van der Waals surface area contributed by atoms with Crippen molar-refractivity contribution in [3.63, 3.8) is 0 Å². The Morgan fingerprint density at radius 3 is 2.46 bits per heavy atom. The fourth-order valence-electron chi connectivity index (χ4n) is 0.937. The first kappa shape index (κ1) is 9.85. The van der Waals surface area contributed by atoms with E-state index in [1.54, 1.807) is 0 Å². The first-order valence-corrected chi connectivity index (χ1v) is 3.55. The van der Waals surface area contributed by atoms with Gasteiger partial charge in [0.15, 0.2) is 11.6 Å². The molecule has 0 radical (unpaired) electrons. The van der Waals surface area contributed by atoms with Crippen molar-refractivity contribution < 1.29 is 18.3 Å². The summed E-state index contributed by atoms with van der Waals surface area (Å²) in [6.45, 7) is 0. The minimum absolute atomic E-state index is 0.282. The van der Waals surface area contributed by atoms with E-state index in [1.165, 1.54) is 6.07 Å². The van der Waals surface area contributed by atoms with Gasteiger partial charge in [-0.05, 0) is 6.07 Å². The quantitative estimate of drug-likeness (QED) is 0.748. The van der Waals surface area contributed by atoms with Crippen LogP contribution in [0.2, 0.25) is 0 Å². The molecule has 0 fully saturated rings. The Bertz CT molecular complexity index is 303. The molecule has 72 valence electrons. The van der Waals surface area contributed by atoms with Crippen molar-refractivity contribution in [1.29, 1.82) is 0 Å². The fraction of sp³-hybridized carbons (Fsp3) is 0.250. The summed E-state index contributed by atoms with van der Waals surface area (Å²) in [4.78, 5) is 0. The van der Waals surface area contributed by atoms with Crippen LogP contribution in [0.3, 0.4) is 0 Å². The number of hydrogen-bond donors (Lipinski definition) is 2. The largest absolute Gasteiger partial charge is 0.505 e. The van der Waals surface area contributed by atoms with Crippen LogP contribution in [0.15, 0.2) is 18.2 Å². The molecule has 0 saturated heterocycles. The molecule has 0 saturated carbocycles. The number of alkyl halides is 2. The van der Waals surface area contributed by atoms with E-state index in [2.05, 4.69) is 0 Å². The predicted molar refractivity (Wildman–Crippen MR) is 41.0 cm³/mol. The van der Waals surface area contributed by atoms with Crippen LogP contribution in [-0.4, -0.2) is 11.5 Å². The lowest BCUT2D eigenvalue weighted by molar-refractivity contribution is 0.115. The lowest BCUT2D eigenvalue weighted by Gasteiger charge is -2.12. The van der Waals surface area contributed by atoms with E-state index in [0.29, 0.717) is 0 Å². The highest BCUT2D eigenvalue weighted by atomic mass is 19.3. The Hall–Kier alpha value is -1.23. The molecule has 5 heteroatoms. The summed E-state index contributed by atoms with van der Waals surface area (Å²) in [5, 5.41) is 9.03. The number of aromatic hydroxyl groups is 1. The molecule has 0 bridgehead atoms. The molecular weight excluding hydrogens is 183 g/mol. The van der Waals surface area contributed by atoms with Crippen LogP contribution in [0, 0.1) is 5.82 Å². The van der Waals surface area contributed by atoms with E-state index in [4.69, 9.17) is 10.8 Å². The lowest BCUT2D eigenvalue weighted by Crippen LogP contribution is -2.19. The zero-order chi connectivity index (χ0) is 10.0. The third-order valence-electron chi connectivity index (χ3n) is 1.65.